The SMILES string of the molecule is Cc1csc(CNc2nc(C)cnc2C)n1. The third kappa shape index (κ3) is 2.55. The van der Waals surface area contributed by atoms with Crippen molar-refractivity contribution in [3.05, 3.63) is 33.7 Å². The minimum absolute atomic E-state index is 0.706. The number of aromatic nitrogens is 3. The van der Waals surface area contributed by atoms with E-state index in [4.69, 9.17) is 0 Å². The van der Waals surface area contributed by atoms with Crippen molar-refractivity contribution in [1.29, 1.82) is 0 Å². The number of rotatable bonds is 3. The molecule has 0 amide bonds. The molecule has 2 aromatic heterocycles. The highest BCUT2D eigenvalue weighted by atomic mass is 32.1. The molecule has 0 unspecified atom stereocenters. The molecule has 1 N–H and O–H groups in total. The summed E-state index contributed by atoms with van der Waals surface area (Å²) in [5.41, 5.74) is 2.90. The first-order chi connectivity index (χ1) is 7.65. The van der Waals surface area contributed by atoms with Crippen LogP contribution in [0.4, 0.5) is 5.82 Å². The Kier molecular flexibility index (Phi) is 3.14. The minimum Gasteiger partial charge on any atom is -0.362 e. The lowest BCUT2D eigenvalue weighted by atomic mass is 10.4. The zero-order chi connectivity index (χ0) is 11.5. The van der Waals surface area contributed by atoms with E-state index in [0.29, 0.717) is 6.54 Å². The fraction of sp³-hybridized carbons (Fsp3) is 0.364. The van der Waals surface area contributed by atoms with Gasteiger partial charge in [-0.3, -0.25) is 4.98 Å². The average Bonchev–Trinajstić information content (AvgIpc) is 2.66. The van der Waals surface area contributed by atoms with Gasteiger partial charge in [0.1, 0.15) is 10.8 Å². The highest BCUT2D eigenvalue weighted by Gasteiger charge is 2.03. The van der Waals surface area contributed by atoms with E-state index in [9.17, 15) is 0 Å². The summed E-state index contributed by atoms with van der Waals surface area (Å²) >= 11 is 1.66. The summed E-state index contributed by atoms with van der Waals surface area (Å²) in [4.78, 5) is 13.0. The number of thiazole rings is 1. The molecule has 84 valence electrons. The van der Waals surface area contributed by atoms with Crippen LogP contribution >= 0.6 is 11.3 Å². The summed E-state index contributed by atoms with van der Waals surface area (Å²) in [6, 6.07) is 0. The predicted octanol–water partition coefficient (Wildman–Crippen LogP) is 2.47. The van der Waals surface area contributed by atoms with Gasteiger partial charge in [0, 0.05) is 17.3 Å². The Morgan fingerprint density at radius 3 is 2.69 bits per heavy atom. The molecule has 0 saturated carbocycles. The lowest BCUT2D eigenvalue weighted by Crippen LogP contribution is -2.05. The third-order valence-electron chi connectivity index (χ3n) is 2.15. The molecule has 5 heteroatoms. The van der Waals surface area contributed by atoms with Crippen LogP contribution in [0.5, 0.6) is 0 Å². The average molecular weight is 234 g/mol. The van der Waals surface area contributed by atoms with Crippen molar-refractivity contribution in [2.24, 2.45) is 0 Å². The van der Waals surface area contributed by atoms with Crippen molar-refractivity contribution in [1.82, 2.24) is 15.0 Å². The molecule has 0 saturated heterocycles. The van der Waals surface area contributed by atoms with Gasteiger partial charge in [-0.15, -0.1) is 11.3 Å². The molecule has 0 aliphatic carbocycles. The number of nitrogens with zero attached hydrogens (tertiary/aromatic N) is 3. The fourth-order valence-corrected chi connectivity index (χ4v) is 2.06. The van der Waals surface area contributed by atoms with Crippen LogP contribution in [0.15, 0.2) is 11.6 Å². The zero-order valence-electron chi connectivity index (χ0n) is 9.61. The van der Waals surface area contributed by atoms with E-state index in [0.717, 1.165) is 27.9 Å². The maximum absolute atomic E-state index is 4.40. The van der Waals surface area contributed by atoms with Crippen LogP contribution in [-0.2, 0) is 6.54 Å². The van der Waals surface area contributed by atoms with Crippen LogP contribution in [-0.4, -0.2) is 15.0 Å². The van der Waals surface area contributed by atoms with Crippen molar-refractivity contribution >= 4 is 17.2 Å². The summed E-state index contributed by atoms with van der Waals surface area (Å²) in [7, 11) is 0. The molecule has 16 heavy (non-hydrogen) atoms. The molecule has 0 radical (unpaired) electrons. The second-order valence-corrected chi connectivity index (χ2v) is 4.62. The quantitative estimate of drug-likeness (QED) is 0.886. The molecular formula is C11H14N4S. The smallest absolute Gasteiger partial charge is 0.148 e. The van der Waals surface area contributed by atoms with Gasteiger partial charge in [-0.05, 0) is 20.8 Å². The van der Waals surface area contributed by atoms with Gasteiger partial charge in [0.15, 0.2) is 0 Å². The monoisotopic (exact) mass is 234 g/mol. The van der Waals surface area contributed by atoms with Crippen LogP contribution in [0.3, 0.4) is 0 Å². The molecular weight excluding hydrogens is 220 g/mol. The van der Waals surface area contributed by atoms with Crippen LogP contribution < -0.4 is 5.32 Å². The topological polar surface area (TPSA) is 50.7 Å². The van der Waals surface area contributed by atoms with Gasteiger partial charge in [-0.25, -0.2) is 9.97 Å². The first kappa shape index (κ1) is 11.0. The molecule has 2 heterocycles. The van der Waals surface area contributed by atoms with Crippen LogP contribution in [0, 0.1) is 20.8 Å². The van der Waals surface area contributed by atoms with Gasteiger partial charge in [-0.1, -0.05) is 0 Å². The van der Waals surface area contributed by atoms with Gasteiger partial charge >= 0.3 is 0 Å². The molecule has 2 rings (SSSR count). The summed E-state index contributed by atoms with van der Waals surface area (Å²) < 4.78 is 0. The zero-order valence-corrected chi connectivity index (χ0v) is 10.4. The maximum Gasteiger partial charge on any atom is 0.148 e. The lowest BCUT2D eigenvalue weighted by molar-refractivity contribution is 1.00. The van der Waals surface area contributed by atoms with E-state index in [1.54, 1.807) is 17.5 Å². The van der Waals surface area contributed by atoms with Crippen LogP contribution in [0.2, 0.25) is 0 Å². The van der Waals surface area contributed by atoms with Gasteiger partial charge < -0.3 is 5.32 Å². The van der Waals surface area contributed by atoms with Gasteiger partial charge in [0.05, 0.1) is 17.9 Å². The molecule has 0 aliphatic heterocycles. The first-order valence-electron chi connectivity index (χ1n) is 5.10. The van der Waals surface area contributed by atoms with Crippen LogP contribution in [0.25, 0.3) is 0 Å². The Labute approximate surface area is 98.8 Å². The van der Waals surface area contributed by atoms with E-state index < -0.39 is 0 Å². The molecule has 2 aromatic rings. The van der Waals surface area contributed by atoms with E-state index in [1.807, 2.05) is 26.2 Å². The van der Waals surface area contributed by atoms with Crippen LogP contribution in [0.1, 0.15) is 22.1 Å². The van der Waals surface area contributed by atoms with Gasteiger partial charge in [-0.2, -0.15) is 0 Å². The van der Waals surface area contributed by atoms with Crippen molar-refractivity contribution in [2.45, 2.75) is 27.3 Å². The predicted molar refractivity (Wildman–Crippen MR) is 65.7 cm³/mol. The Balaban J connectivity index is 2.07. The van der Waals surface area contributed by atoms with Crippen molar-refractivity contribution in [3.8, 4) is 0 Å². The number of anilines is 1. The second kappa shape index (κ2) is 4.57. The number of aryl methyl sites for hydroxylation is 3. The molecule has 0 spiro atoms. The largest absolute Gasteiger partial charge is 0.362 e. The number of hydrogen-bond acceptors (Lipinski definition) is 5. The second-order valence-electron chi connectivity index (χ2n) is 3.68. The van der Waals surface area contributed by atoms with E-state index in [1.165, 1.54) is 0 Å². The third-order valence-corrected chi connectivity index (χ3v) is 3.12. The van der Waals surface area contributed by atoms with E-state index in [-0.39, 0.29) is 0 Å². The normalized spacial score (nSPS) is 10.4. The van der Waals surface area contributed by atoms with E-state index in [2.05, 4.69) is 20.3 Å². The van der Waals surface area contributed by atoms with Gasteiger partial charge in [0.2, 0.25) is 0 Å². The maximum atomic E-state index is 4.40. The minimum atomic E-state index is 0.706. The van der Waals surface area contributed by atoms with E-state index >= 15 is 0 Å². The van der Waals surface area contributed by atoms with Crippen molar-refractivity contribution in [3.63, 3.8) is 0 Å². The Bertz CT molecular complexity index is 492. The Morgan fingerprint density at radius 1 is 1.19 bits per heavy atom. The molecule has 0 bridgehead atoms. The Morgan fingerprint density at radius 2 is 2.00 bits per heavy atom. The molecule has 0 atom stereocenters. The molecule has 0 aliphatic rings. The molecule has 4 nitrogen and oxygen atoms in total. The van der Waals surface area contributed by atoms with Gasteiger partial charge in [0.25, 0.3) is 0 Å². The van der Waals surface area contributed by atoms with Crippen molar-refractivity contribution in [2.75, 3.05) is 5.32 Å². The van der Waals surface area contributed by atoms with Crippen molar-refractivity contribution < 1.29 is 0 Å². The summed E-state index contributed by atoms with van der Waals surface area (Å²) in [6.45, 7) is 6.59. The summed E-state index contributed by atoms with van der Waals surface area (Å²) in [5, 5.41) is 6.37. The lowest BCUT2D eigenvalue weighted by Gasteiger charge is -2.06. The summed E-state index contributed by atoms with van der Waals surface area (Å²) in [6.07, 6.45) is 1.77. The summed E-state index contributed by atoms with van der Waals surface area (Å²) in [5.74, 6) is 0.841. The highest BCUT2D eigenvalue weighted by Crippen LogP contribution is 2.13. The standard InChI is InChI=1S/C11H14N4S/c1-7-4-12-9(3)11(15-7)13-5-10-14-8(2)6-16-10/h4,6H,5H2,1-3H3,(H,13,15). The highest BCUT2D eigenvalue weighted by molar-refractivity contribution is 7.09. The number of nitrogens with one attached hydrogen (secondary N) is 1. The molecule has 0 fully saturated rings. The number of hydrogen-bond donors (Lipinski definition) is 1. The fourth-order valence-electron chi connectivity index (χ4n) is 1.35. The Hall–Kier alpha value is -1.49. The first-order valence-corrected chi connectivity index (χ1v) is 5.98. The molecule has 0 aromatic carbocycles.